The first kappa shape index (κ1) is 22.0. The first-order valence-corrected chi connectivity index (χ1v) is 11.2. The Labute approximate surface area is 195 Å². The molecule has 0 radical (unpaired) electrons. The van der Waals surface area contributed by atoms with Gasteiger partial charge in [0.2, 0.25) is 0 Å². The smallest absolute Gasteiger partial charge is 0.360 e. The Morgan fingerprint density at radius 3 is 2.56 bits per heavy atom. The van der Waals surface area contributed by atoms with Gasteiger partial charge in [0, 0.05) is 11.4 Å². The number of alkyl halides is 3. The highest BCUT2D eigenvalue weighted by atomic mass is 32.1. The molecule has 0 unspecified atom stereocenters. The van der Waals surface area contributed by atoms with Crippen molar-refractivity contribution in [2.75, 3.05) is 5.32 Å². The number of thiazole rings is 1. The summed E-state index contributed by atoms with van der Waals surface area (Å²) in [5.74, 6) is 0.484. The number of hydrogen-bond donors (Lipinski definition) is 1. The van der Waals surface area contributed by atoms with Gasteiger partial charge in [-0.2, -0.15) is 13.2 Å². The van der Waals surface area contributed by atoms with Gasteiger partial charge in [-0.15, -0.1) is 0 Å². The molecule has 1 N–H and O–H groups in total. The second-order valence-corrected chi connectivity index (χ2v) is 8.97. The number of aryl methyl sites for hydroxylation is 1. The monoisotopic (exact) mass is 481 g/mol. The predicted octanol–water partition coefficient (Wildman–Crippen LogP) is 5.89. The quantitative estimate of drug-likeness (QED) is 0.347. The Kier molecular flexibility index (Phi) is 5.32. The lowest BCUT2D eigenvalue weighted by Gasteiger charge is -2.22. The zero-order valence-corrected chi connectivity index (χ0v) is 18.9. The molecule has 3 heterocycles. The van der Waals surface area contributed by atoms with Crippen LogP contribution in [0.5, 0.6) is 0 Å². The molecule has 0 saturated carbocycles. The lowest BCUT2D eigenvalue weighted by Crippen LogP contribution is -2.27. The number of aromatic nitrogens is 4. The molecule has 3 aromatic heterocycles. The average Bonchev–Trinajstić information content (AvgIpc) is 3.19. The fourth-order valence-corrected chi connectivity index (χ4v) is 4.78. The van der Waals surface area contributed by atoms with Crippen LogP contribution in [-0.2, 0) is 6.18 Å². The van der Waals surface area contributed by atoms with E-state index in [0.717, 1.165) is 15.9 Å². The van der Waals surface area contributed by atoms with Crippen molar-refractivity contribution in [3.05, 3.63) is 87.5 Å². The van der Waals surface area contributed by atoms with E-state index in [0.29, 0.717) is 22.7 Å². The summed E-state index contributed by atoms with van der Waals surface area (Å²) in [6, 6.07) is 13.5. The first-order valence-electron chi connectivity index (χ1n) is 10.4. The van der Waals surface area contributed by atoms with Gasteiger partial charge in [-0.1, -0.05) is 41.7 Å². The van der Waals surface area contributed by atoms with Gasteiger partial charge in [-0.25, -0.2) is 15.0 Å². The minimum Gasteiger partial charge on any atom is -0.360 e. The third kappa shape index (κ3) is 3.79. The van der Waals surface area contributed by atoms with Crippen LogP contribution in [0.2, 0.25) is 0 Å². The zero-order valence-electron chi connectivity index (χ0n) is 18.1. The minimum absolute atomic E-state index is 0.216. The van der Waals surface area contributed by atoms with E-state index in [9.17, 15) is 18.0 Å². The first-order chi connectivity index (χ1) is 16.2. The van der Waals surface area contributed by atoms with Crippen LogP contribution in [-0.4, -0.2) is 19.5 Å². The van der Waals surface area contributed by atoms with Gasteiger partial charge >= 0.3 is 6.18 Å². The maximum Gasteiger partial charge on any atom is 0.417 e. The van der Waals surface area contributed by atoms with Crippen LogP contribution in [0.4, 0.5) is 19.0 Å². The van der Waals surface area contributed by atoms with Crippen LogP contribution in [0.15, 0.2) is 65.7 Å². The number of rotatable bonds is 4. The number of para-hydroxylation sites is 1. The summed E-state index contributed by atoms with van der Waals surface area (Å²) < 4.78 is 42.6. The number of pyridine rings is 1. The predicted molar refractivity (Wildman–Crippen MR) is 127 cm³/mol. The van der Waals surface area contributed by atoms with Crippen molar-refractivity contribution in [3.63, 3.8) is 0 Å². The topological polar surface area (TPSA) is 72.7 Å². The summed E-state index contributed by atoms with van der Waals surface area (Å²) in [5.41, 5.74) is -0.139. The lowest BCUT2D eigenvalue weighted by molar-refractivity contribution is -0.136. The largest absolute Gasteiger partial charge is 0.417 e. The molecule has 1 atom stereocenters. The standard InChI is InChI=1S/C24H18F3N5OS/c1-13(30-21-20-22(29-12-28-21)34-14(2)31-20)18-11-15-7-6-10-17(24(25,26)27)19(15)23(33)32(18)16-8-4-3-5-9-16/h3-13H,1-2H3,(H,28,29,30)/t13-/m0/s1. The maximum absolute atomic E-state index is 13.7. The van der Waals surface area contributed by atoms with Gasteiger partial charge < -0.3 is 5.32 Å². The lowest BCUT2D eigenvalue weighted by atomic mass is 10.0. The number of nitrogens with zero attached hydrogens (tertiary/aromatic N) is 4. The number of benzene rings is 2. The van der Waals surface area contributed by atoms with Crippen LogP contribution < -0.4 is 10.9 Å². The molecule has 0 aliphatic heterocycles. The van der Waals surface area contributed by atoms with Crippen molar-refractivity contribution in [3.8, 4) is 5.69 Å². The molecule has 0 spiro atoms. The van der Waals surface area contributed by atoms with Gasteiger partial charge in [0.15, 0.2) is 5.82 Å². The van der Waals surface area contributed by atoms with Crippen molar-refractivity contribution in [1.82, 2.24) is 19.5 Å². The molecular weight excluding hydrogens is 463 g/mol. The highest BCUT2D eigenvalue weighted by molar-refractivity contribution is 7.18. The van der Waals surface area contributed by atoms with E-state index >= 15 is 0 Å². The molecule has 0 bridgehead atoms. The van der Waals surface area contributed by atoms with Crippen LogP contribution in [0.25, 0.3) is 26.8 Å². The Balaban J connectivity index is 1.73. The SMILES string of the molecule is Cc1nc2c(N[C@@H](C)c3cc4cccc(C(F)(F)F)c4c(=O)n3-c3ccccc3)ncnc2s1. The number of anilines is 1. The van der Waals surface area contributed by atoms with Gasteiger partial charge in [0.05, 0.1) is 22.0 Å². The summed E-state index contributed by atoms with van der Waals surface area (Å²) >= 11 is 1.43. The van der Waals surface area contributed by atoms with E-state index in [4.69, 9.17) is 0 Å². The van der Waals surface area contributed by atoms with Crippen LogP contribution >= 0.6 is 11.3 Å². The normalized spacial score (nSPS) is 12.9. The summed E-state index contributed by atoms with van der Waals surface area (Å²) in [6.07, 6.45) is -3.23. The van der Waals surface area contributed by atoms with E-state index in [1.165, 1.54) is 34.4 Å². The van der Waals surface area contributed by atoms with E-state index in [2.05, 4.69) is 20.3 Å². The van der Waals surface area contributed by atoms with Gasteiger partial charge in [-0.3, -0.25) is 9.36 Å². The number of hydrogen-bond acceptors (Lipinski definition) is 6. The van der Waals surface area contributed by atoms with E-state index in [1.807, 2.05) is 13.8 Å². The Bertz CT molecular complexity index is 1580. The van der Waals surface area contributed by atoms with Crippen LogP contribution in [0, 0.1) is 6.92 Å². The van der Waals surface area contributed by atoms with Gasteiger partial charge in [0.1, 0.15) is 16.7 Å². The Hall–Kier alpha value is -3.79. The molecule has 0 aliphatic carbocycles. The maximum atomic E-state index is 13.7. The zero-order chi connectivity index (χ0) is 24.0. The summed E-state index contributed by atoms with van der Waals surface area (Å²) in [6.45, 7) is 3.69. The van der Waals surface area contributed by atoms with E-state index in [-0.39, 0.29) is 10.8 Å². The molecule has 6 nitrogen and oxygen atoms in total. The third-order valence-electron chi connectivity index (χ3n) is 5.49. The molecule has 0 fully saturated rings. The van der Waals surface area contributed by atoms with Crippen molar-refractivity contribution < 1.29 is 13.2 Å². The second-order valence-electron chi connectivity index (χ2n) is 7.79. The van der Waals surface area contributed by atoms with E-state index < -0.39 is 23.3 Å². The fraction of sp³-hybridized carbons (Fsp3) is 0.167. The summed E-state index contributed by atoms with van der Waals surface area (Å²) in [4.78, 5) is 27.3. The third-order valence-corrected chi connectivity index (χ3v) is 6.37. The molecule has 34 heavy (non-hydrogen) atoms. The number of fused-ring (bicyclic) bond motifs is 2. The fourth-order valence-electron chi connectivity index (χ4n) is 4.02. The minimum atomic E-state index is -4.66. The van der Waals surface area contributed by atoms with Crippen molar-refractivity contribution in [1.29, 1.82) is 0 Å². The van der Waals surface area contributed by atoms with Crippen LogP contribution in [0.1, 0.15) is 29.2 Å². The molecule has 172 valence electrons. The van der Waals surface area contributed by atoms with E-state index in [1.54, 1.807) is 36.4 Å². The summed E-state index contributed by atoms with van der Waals surface area (Å²) in [7, 11) is 0. The van der Waals surface area contributed by atoms with Crippen molar-refractivity contribution in [2.45, 2.75) is 26.1 Å². The van der Waals surface area contributed by atoms with Gasteiger partial charge in [0.25, 0.3) is 5.56 Å². The van der Waals surface area contributed by atoms with Crippen LogP contribution in [0.3, 0.4) is 0 Å². The van der Waals surface area contributed by atoms with Crippen molar-refractivity contribution in [2.24, 2.45) is 0 Å². The summed E-state index contributed by atoms with van der Waals surface area (Å²) in [5, 5.41) is 3.95. The molecular formula is C24H18F3N5OS. The molecule has 5 rings (SSSR count). The number of nitrogens with one attached hydrogen (secondary N) is 1. The molecule has 5 aromatic rings. The number of halogens is 3. The molecule has 2 aromatic carbocycles. The average molecular weight is 482 g/mol. The second kappa shape index (κ2) is 8.21. The highest BCUT2D eigenvalue weighted by Crippen LogP contribution is 2.35. The Morgan fingerprint density at radius 1 is 1.06 bits per heavy atom. The molecule has 10 heteroatoms. The molecule has 0 aliphatic rings. The Morgan fingerprint density at radius 2 is 1.82 bits per heavy atom. The highest BCUT2D eigenvalue weighted by Gasteiger charge is 2.34. The molecule has 0 amide bonds. The van der Waals surface area contributed by atoms with Gasteiger partial charge in [-0.05, 0) is 43.5 Å². The molecule has 0 saturated heterocycles. The van der Waals surface area contributed by atoms with Crippen molar-refractivity contribution >= 4 is 38.3 Å².